The highest BCUT2D eigenvalue weighted by Gasteiger charge is 2.32. The lowest BCUT2D eigenvalue weighted by Crippen LogP contribution is -2.15. The van der Waals surface area contributed by atoms with Gasteiger partial charge in [-0.3, -0.25) is 9.59 Å². The predicted octanol–water partition coefficient (Wildman–Crippen LogP) is 2.99. The van der Waals surface area contributed by atoms with Gasteiger partial charge in [-0.1, -0.05) is 30.3 Å². The number of ketones is 1. The average Bonchev–Trinajstić information content (AvgIpc) is 2.59. The van der Waals surface area contributed by atoms with Crippen LogP contribution in [0.1, 0.15) is 52.6 Å². The fourth-order valence-corrected chi connectivity index (χ4v) is 2.69. The SMILES string of the molecule is CCOC(=O)c1c(O)c(Cc2ccccc2)c(O)c(C(C)=O)c1OC(C)=O. The van der Waals surface area contributed by atoms with Crippen molar-refractivity contribution in [3.8, 4) is 17.2 Å². The zero-order valence-corrected chi connectivity index (χ0v) is 15.2. The predicted molar refractivity (Wildman–Crippen MR) is 96.3 cm³/mol. The van der Waals surface area contributed by atoms with E-state index in [4.69, 9.17) is 9.47 Å². The van der Waals surface area contributed by atoms with E-state index in [1.165, 1.54) is 0 Å². The van der Waals surface area contributed by atoms with Gasteiger partial charge in [0.25, 0.3) is 0 Å². The van der Waals surface area contributed by atoms with Gasteiger partial charge in [-0.2, -0.15) is 0 Å². The maximum absolute atomic E-state index is 12.4. The first-order valence-electron chi connectivity index (χ1n) is 8.29. The molecular formula is C20H20O7. The van der Waals surface area contributed by atoms with Gasteiger partial charge in [-0.25, -0.2) is 4.79 Å². The molecule has 7 nitrogen and oxygen atoms in total. The summed E-state index contributed by atoms with van der Waals surface area (Å²) in [6.45, 7) is 3.80. The lowest BCUT2D eigenvalue weighted by atomic mass is 9.94. The number of phenolic OH excluding ortho intramolecular Hbond substituents is 2. The number of benzene rings is 2. The normalized spacial score (nSPS) is 10.3. The van der Waals surface area contributed by atoms with Gasteiger partial charge in [-0.15, -0.1) is 0 Å². The summed E-state index contributed by atoms with van der Waals surface area (Å²) in [4.78, 5) is 36.0. The molecule has 0 atom stereocenters. The lowest BCUT2D eigenvalue weighted by Gasteiger charge is -2.18. The molecule has 0 aliphatic heterocycles. The molecule has 0 amide bonds. The van der Waals surface area contributed by atoms with Crippen LogP contribution in [-0.4, -0.2) is 34.5 Å². The van der Waals surface area contributed by atoms with Crippen molar-refractivity contribution in [2.24, 2.45) is 0 Å². The topological polar surface area (TPSA) is 110 Å². The summed E-state index contributed by atoms with van der Waals surface area (Å²) in [5.41, 5.74) is -0.143. The van der Waals surface area contributed by atoms with Gasteiger partial charge < -0.3 is 19.7 Å². The standard InChI is InChI=1S/C20H20O7/c1-4-26-20(25)16-18(24)14(10-13-8-6-5-7-9-13)17(23)15(11(2)21)19(16)27-12(3)22/h5-9,23-24H,4,10H2,1-3H3. The molecule has 0 saturated carbocycles. The molecule has 0 unspecified atom stereocenters. The number of hydrogen-bond acceptors (Lipinski definition) is 7. The van der Waals surface area contributed by atoms with Gasteiger partial charge in [0.05, 0.1) is 6.61 Å². The molecular weight excluding hydrogens is 352 g/mol. The number of carbonyl (C=O) groups excluding carboxylic acids is 3. The Balaban J connectivity index is 2.79. The van der Waals surface area contributed by atoms with Crippen molar-refractivity contribution in [1.82, 2.24) is 0 Å². The highest BCUT2D eigenvalue weighted by atomic mass is 16.5. The van der Waals surface area contributed by atoms with Gasteiger partial charge in [0.1, 0.15) is 22.6 Å². The van der Waals surface area contributed by atoms with Crippen molar-refractivity contribution >= 4 is 17.7 Å². The van der Waals surface area contributed by atoms with Crippen molar-refractivity contribution in [3.63, 3.8) is 0 Å². The van der Waals surface area contributed by atoms with E-state index in [1.807, 2.05) is 0 Å². The third-order valence-electron chi connectivity index (χ3n) is 3.80. The highest BCUT2D eigenvalue weighted by Crippen LogP contribution is 2.44. The number of ether oxygens (including phenoxy) is 2. The lowest BCUT2D eigenvalue weighted by molar-refractivity contribution is -0.131. The van der Waals surface area contributed by atoms with E-state index >= 15 is 0 Å². The molecule has 142 valence electrons. The number of esters is 2. The molecule has 2 aromatic rings. The summed E-state index contributed by atoms with van der Waals surface area (Å²) in [6.07, 6.45) is 0.0472. The van der Waals surface area contributed by atoms with Crippen LogP contribution in [0.4, 0.5) is 0 Å². The van der Waals surface area contributed by atoms with Crippen LogP contribution in [0.5, 0.6) is 17.2 Å². The Morgan fingerprint density at radius 1 is 0.963 bits per heavy atom. The average molecular weight is 372 g/mol. The van der Waals surface area contributed by atoms with Crippen molar-refractivity contribution in [2.75, 3.05) is 6.61 Å². The van der Waals surface area contributed by atoms with Crippen LogP contribution < -0.4 is 4.74 Å². The molecule has 0 radical (unpaired) electrons. The van der Waals surface area contributed by atoms with Gasteiger partial charge in [-0.05, 0) is 19.4 Å². The minimum atomic E-state index is -0.969. The second-order valence-corrected chi connectivity index (χ2v) is 5.79. The Labute approximate surface area is 156 Å². The van der Waals surface area contributed by atoms with Gasteiger partial charge in [0.15, 0.2) is 11.5 Å². The first-order valence-corrected chi connectivity index (χ1v) is 8.29. The Morgan fingerprint density at radius 2 is 1.56 bits per heavy atom. The number of phenols is 2. The van der Waals surface area contributed by atoms with Gasteiger partial charge in [0.2, 0.25) is 0 Å². The van der Waals surface area contributed by atoms with Crippen molar-refractivity contribution in [1.29, 1.82) is 0 Å². The van der Waals surface area contributed by atoms with Crippen LogP contribution in [0.2, 0.25) is 0 Å². The Hall–Kier alpha value is -3.35. The molecule has 0 fully saturated rings. The molecule has 0 bridgehead atoms. The fourth-order valence-electron chi connectivity index (χ4n) is 2.69. The molecule has 2 N–H and O–H groups in total. The quantitative estimate of drug-likeness (QED) is 0.456. The summed E-state index contributed by atoms with van der Waals surface area (Å²) in [6, 6.07) is 8.87. The Morgan fingerprint density at radius 3 is 2.07 bits per heavy atom. The number of hydrogen-bond donors (Lipinski definition) is 2. The molecule has 0 aromatic heterocycles. The van der Waals surface area contributed by atoms with E-state index < -0.39 is 40.5 Å². The third kappa shape index (κ3) is 4.25. The molecule has 0 heterocycles. The second-order valence-electron chi connectivity index (χ2n) is 5.79. The minimum absolute atomic E-state index is 0.00207. The summed E-state index contributed by atoms with van der Waals surface area (Å²) in [5, 5.41) is 21.3. The van der Waals surface area contributed by atoms with E-state index in [0.717, 1.165) is 19.4 Å². The first-order chi connectivity index (χ1) is 12.8. The van der Waals surface area contributed by atoms with Crippen molar-refractivity contribution in [2.45, 2.75) is 27.2 Å². The van der Waals surface area contributed by atoms with E-state index in [0.29, 0.717) is 0 Å². The van der Waals surface area contributed by atoms with Gasteiger partial charge >= 0.3 is 11.9 Å². The molecule has 0 aliphatic carbocycles. The van der Waals surface area contributed by atoms with Crippen LogP contribution >= 0.6 is 0 Å². The summed E-state index contributed by atoms with van der Waals surface area (Å²) in [7, 11) is 0. The monoisotopic (exact) mass is 372 g/mol. The van der Waals surface area contributed by atoms with E-state index in [-0.39, 0.29) is 24.2 Å². The second kappa shape index (κ2) is 8.35. The Bertz CT molecular complexity index is 885. The number of carbonyl (C=O) groups is 3. The van der Waals surface area contributed by atoms with E-state index in [2.05, 4.69) is 0 Å². The van der Waals surface area contributed by atoms with Gasteiger partial charge in [0, 0.05) is 18.9 Å². The maximum atomic E-state index is 12.4. The molecule has 0 saturated heterocycles. The smallest absolute Gasteiger partial charge is 0.345 e. The summed E-state index contributed by atoms with van der Waals surface area (Å²) in [5.74, 6) is -4.09. The largest absolute Gasteiger partial charge is 0.507 e. The summed E-state index contributed by atoms with van der Waals surface area (Å²) >= 11 is 0. The van der Waals surface area contributed by atoms with E-state index in [9.17, 15) is 24.6 Å². The molecule has 2 aromatic carbocycles. The third-order valence-corrected chi connectivity index (χ3v) is 3.80. The number of rotatable bonds is 6. The van der Waals surface area contributed by atoms with Crippen molar-refractivity contribution < 1.29 is 34.1 Å². The molecule has 27 heavy (non-hydrogen) atoms. The van der Waals surface area contributed by atoms with Crippen LogP contribution in [0.15, 0.2) is 30.3 Å². The molecule has 0 spiro atoms. The van der Waals surface area contributed by atoms with Crippen LogP contribution in [0.3, 0.4) is 0 Å². The van der Waals surface area contributed by atoms with Crippen molar-refractivity contribution in [3.05, 3.63) is 52.6 Å². The Kier molecular flexibility index (Phi) is 6.18. The zero-order valence-electron chi connectivity index (χ0n) is 15.2. The van der Waals surface area contributed by atoms with E-state index in [1.54, 1.807) is 37.3 Å². The fraction of sp³-hybridized carbons (Fsp3) is 0.250. The first kappa shape index (κ1) is 20.0. The molecule has 7 heteroatoms. The zero-order chi connectivity index (χ0) is 20.1. The van der Waals surface area contributed by atoms with Crippen LogP contribution in [0, 0.1) is 0 Å². The highest BCUT2D eigenvalue weighted by molar-refractivity contribution is 6.07. The molecule has 2 rings (SSSR count). The summed E-state index contributed by atoms with van der Waals surface area (Å²) < 4.78 is 9.92. The number of Topliss-reactive ketones (excluding diaryl/α,β-unsaturated/α-hetero) is 1. The minimum Gasteiger partial charge on any atom is -0.507 e. The maximum Gasteiger partial charge on any atom is 0.345 e. The molecule has 0 aliphatic rings. The van der Waals surface area contributed by atoms with Crippen LogP contribution in [0.25, 0.3) is 0 Å². The van der Waals surface area contributed by atoms with Crippen LogP contribution in [-0.2, 0) is 16.0 Å². The number of aromatic hydroxyl groups is 2.